The molecule has 0 saturated carbocycles. The van der Waals surface area contributed by atoms with Gasteiger partial charge < -0.3 is 0 Å². The van der Waals surface area contributed by atoms with Gasteiger partial charge in [-0.1, -0.05) is 0 Å². The van der Waals surface area contributed by atoms with Crippen molar-refractivity contribution in [3.8, 4) is 0 Å². The van der Waals surface area contributed by atoms with E-state index in [1.807, 2.05) is 0 Å². The van der Waals surface area contributed by atoms with Gasteiger partial charge >= 0.3 is 0 Å². The van der Waals surface area contributed by atoms with Gasteiger partial charge in [0.2, 0.25) is 0 Å². The first kappa shape index (κ1) is 10.1. The van der Waals surface area contributed by atoms with Gasteiger partial charge in [-0.05, 0) is 19.4 Å². The minimum absolute atomic E-state index is 0.0213. The van der Waals surface area contributed by atoms with Crippen molar-refractivity contribution in [3.05, 3.63) is 50.9 Å². The highest BCUT2D eigenvalue weighted by atomic mass is 16.6. The Morgan fingerprint density at radius 2 is 1.57 bits per heavy atom. The van der Waals surface area contributed by atoms with Crippen LogP contribution >= 0.6 is 0 Å². The lowest BCUT2D eigenvalue weighted by atomic mass is 10.1. The first-order valence-electron chi connectivity index (χ1n) is 3.78. The highest BCUT2D eigenvalue weighted by Gasteiger charge is 2.22. The van der Waals surface area contributed by atoms with Crippen molar-refractivity contribution in [2.45, 2.75) is 6.42 Å². The van der Waals surface area contributed by atoms with E-state index < -0.39 is 9.85 Å². The smallest absolute Gasteiger partial charge is 0.258 e. The van der Waals surface area contributed by atoms with Crippen LogP contribution in [0.15, 0.2) is 18.2 Å². The van der Waals surface area contributed by atoms with Crippen molar-refractivity contribution >= 4 is 11.4 Å². The Hall–Kier alpha value is -1.98. The van der Waals surface area contributed by atoms with Crippen LogP contribution in [-0.4, -0.2) is 9.85 Å². The zero-order chi connectivity index (χ0) is 10.7. The molecule has 6 heteroatoms. The first-order chi connectivity index (χ1) is 6.57. The molecule has 0 aliphatic rings. The van der Waals surface area contributed by atoms with E-state index in [0.717, 1.165) is 0 Å². The SMILES string of the molecule is [CH2]Cc1c([N+](=O)[O-])cccc1[N+](=O)[O-]. The van der Waals surface area contributed by atoms with Gasteiger partial charge in [-0.3, -0.25) is 20.2 Å². The Bertz CT molecular complexity index is 357. The lowest BCUT2D eigenvalue weighted by Gasteiger charge is -1.99. The molecule has 0 fully saturated rings. The minimum Gasteiger partial charge on any atom is -0.258 e. The Kier molecular flexibility index (Phi) is 2.76. The Balaban J connectivity index is 3.39. The second-order valence-corrected chi connectivity index (χ2v) is 2.54. The fourth-order valence-corrected chi connectivity index (χ4v) is 1.16. The molecule has 6 nitrogen and oxygen atoms in total. The molecule has 73 valence electrons. The van der Waals surface area contributed by atoms with Crippen LogP contribution in [0.1, 0.15) is 5.56 Å². The summed E-state index contributed by atoms with van der Waals surface area (Å²) in [7, 11) is 0. The second kappa shape index (κ2) is 3.82. The van der Waals surface area contributed by atoms with E-state index in [1.165, 1.54) is 18.2 Å². The van der Waals surface area contributed by atoms with Crippen LogP contribution in [0.3, 0.4) is 0 Å². The largest absolute Gasteiger partial charge is 0.279 e. The second-order valence-electron chi connectivity index (χ2n) is 2.54. The summed E-state index contributed by atoms with van der Waals surface area (Å²) in [5.41, 5.74) is -0.453. The summed E-state index contributed by atoms with van der Waals surface area (Å²) < 4.78 is 0. The minimum atomic E-state index is -0.645. The van der Waals surface area contributed by atoms with E-state index in [4.69, 9.17) is 0 Å². The van der Waals surface area contributed by atoms with Gasteiger partial charge in [0, 0.05) is 12.1 Å². The van der Waals surface area contributed by atoms with Gasteiger partial charge in [0.05, 0.1) is 9.85 Å². The van der Waals surface area contributed by atoms with Crippen molar-refractivity contribution in [2.75, 3.05) is 0 Å². The number of nitro benzene ring substituents is 2. The molecule has 0 aromatic heterocycles. The van der Waals surface area contributed by atoms with Crippen LogP contribution < -0.4 is 0 Å². The summed E-state index contributed by atoms with van der Waals surface area (Å²) in [5.74, 6) is 0. The molecule has 0 unspecified atom stereocenters. The lowest BCUT2D eigenvalue weighted by molar-refractivity contribution is -0.395. The maximum atomic E-state index is 10.5. The van der Waals surface area contributed by atoms with E-state index in [0.29, 0.717) is 0 Å². The Morgan fingerprint density at radius 3 is 1.86 bits per heavy atom. The molecule has 0 N–H and O–H groups in total. The van der Waals surface area contributed by atoms with Crippen LogP contribution in [0.5, 0.6) is 0 Å². The molecule has 1 aromatic carbocycles. The van der Waals surface area contributed by atoms with Crippen LogP contribution in [0, 0.1) is 27.2 Å². The fourth-order valence-electron chi connectivity index (χ4n) is 1.16. The topological polar surface area (TPSA) is 86.3 Å². The summed E-state index contributed by atoms with van der Waals surface area (Å²) in [6.07, 6.45) is 0.0213. The van der Waals surface area contributed by atoms with Gasteiger partial charge in [-0.25, -0.2) is 0 Å². The number of benzene rings is 1. The van der Waals surface area contributed by atoms with E-state index in [-0.39, 0.29) is 23.4 Å². The van der Waals surface area contributed by atoms with Crippen LogP contribution in [-0.2, 0) is 6.42 Å². The van der Waals surface area contributed by atoms with Crippen molar-refractivity contribution in [3.63, 3.8) is 0 Å². The molecule has 0 heterocycles. The summed E-state index contributed by atoms with van der Waals surface area (Å²) >= 11 is 0. The maximum absolute atomic E-state index is 10.5. The average Bonchev–Trinajstić information content (AvgIpc) is 2.16. The molecule has 1 rings (SSSR count). The zero-order valence-electron chi connectivity index (χ0n) is 7.17. The summed E-state index contributed by atoms with van der Waals surface area (Å²) in [5, 5.41) is 21.0. The monoisotopic (exact) mass is 195 g/mol. The van der Waals surface area contributed by atoms with Crippen molar-refractivity contribution in [2.24, 2.45) is 0 Å². The van der Waals surface area contributed by atoms with Gasteiger partial charge in [0.15, 0.2) is 0 Å². The summed E-state index contributed by atoms with van der Waals surface area (Å²) in [4.78, 5) is 19.7. The number of nitro groups is 2. The van der Waals surface area contributed by atoms with Gasteiger partial charge in [0.1, 0.15) is 5.56 Å². The molecular weight excluding hydrogens is 188 g/mol. The summed E-state index contributed by atoms with van der Waals surface area (Å²) in [6.45, 7) is 3.43. The predicted molar refractivity (Wildman–Crippen MR) is 48.8 cm³/mol. The first-order valence-corrected chi connectivity index (χ1v) is 3.78. The highest BCUT2D eigenvalue weighted by molar-refractivity contribution is 5.53. The third-order valence-corrected chi connectivity index (χ3v) is 1.77. The molecule has 1 aromatic rings. The fraction of sp³-hybridized carbons (Fsp3) is 0.125. The number of nitrogens with zero attached hydrogens (tertiary/aromatic N) is 2. The average molecular weight is 195 g/mol. The van der Waals surface area contributed by atoms with Gasteiger partial charge in [0.25, 0.3) is 11.4 Å². The van der Waals surface area contributed by atoms with E-state index in [9.17, 15) is 20.2 Å². The Morgan fingerprint density at radius 1 is 1.14 bits per heavy atom. The summed E-state index contributed by atoms with van der Waals surface area (Å²) in [6, 6.07) is 3.75. The quantitative estimate of drug-likeness (QED) is 0.544. The molecule has 0 spiro atoms. The van der Waals surface area contributed by atoms with Gasteiger partial charge in [-0.2, -0.15) is 0 Å². The maximum Gasteiger partial charge on any atom is 0.279 e. The van der Waals surface area contributed by atoms with Crippen molar-refractivity contribution in [1.82, 2.24) is 0 Å². The van der Waals surface area contributed by atoms with E-state index in [2.05, 4.69) is 6.92 Å². The number of hydrogen-bond donors (Lipinski definition) is 0. The van der Waals surface area contributed by atoms with Crippen molar-refractivity contribution in [1.29, 1.82) is 0 Å². The van der Waals surface area contributed by atoms with Gasteiger partial charge in [-0.15, -0.1) is 0 Å². The molecule has 1 radical (unpaired) electrons. The van der Waals surface area contributed by atoms with Crippen molar-refractivity contribution < 1.29 is 9.85 Å². The third kappa shape index (κ3) is 1.68. The molecular formula is C8H7N2O4. The highest BCUT2D eigenvalue weighted by Crippen LogP contribution is 2.27. The third-order valence-electron chi connectivity index (χ3n) is 1.77. The van der Waals surface area contributed by atoms with E-state index in [1.54, 1.807) is 0 Å². The molecule has 0 atom stereocenters. The molecule has 0 aliphatic carbocycles. The predicted octanol–water partition coefficient (Wildman–Crippen LogP) is 1.88. The lowest BCUT2D eigenvalue weighted by Crippen LogP contribution is -1.99. The van der Waals surface area contributed by atoms with Crippen LogP contribution in [0.25, 0.3) is 0 Å². The molecule has 0 amide bonds. The molecule has 0 saturated heterocycles. The molecule has 14 heavy (non-hydrogen) atoms. The molecule has 0 bridgehead atoms. The normalized spacial score (nSPS) is 9.79. The Labute approximate surface area is 79.5 Å². The molecule has 0 aliphatic heterocycles. The van der Waals surface area contributed by atoms with Crippen LogP contribution in [0.2, 0.25) is 0 Å². The van der Waals surface area contributed by atoms with E-state index >= 15 is 0 Å². The number of rotatable bonds is 3. The zero-order valence-corrected chi connectivity index (χ0v) is 7.17. The standard InChI is InChI=1S/C8H7N2O4/c1-2-6-7(9(11)12)4-3-5-8(6)10(13)14/h3-5H,1-2H2. The number of hydrogen-bond acceptors (Lipinski definition) is 4. The van der Waals surface area contributed by atoms with Crippen LogP contribution in [0.4, 0.5) is 11.4 Å².